The topological polar surface area (TPSA) is 47.6 Å². The molecule has 1 amide bonds. The van der Waals surface area contributed by atoms with Crippen molar-refractivity contribution in [1.29, 1.82) is 0 Å². The standard InChI is InChI=1S/C12H13F4NO3/c1-19-10-3-2-8(13)6-9(10)11(18)17-4-5-20-7-12(14,15)16/h2-3,6H,4-5,7H2,1H3,(H,17,18). The fraction of sp³-hybridized carbons (Fsp3) is 0.417. The number of halogens is 4. The average molecular weight is 295 g/mol. The summed E-state index contributed by atoms with van der Waals surface area (Å²) in [6, 6.07) is 3.39. The Morgan fingerprint density at radius 2 is 2.05 bits per heavy atom. The Hall–Kier alpha value is -1.83. The number of ether oxygens (including phenoxy) is 2. The summed E-state index contributed by atoms with van der Waals surface area (Å²) < 4.78 is 57.6. The predicted octanol–water partition coefficient (Wildman–Crippen LogP) is 2.14. The number of carbonyl (C=O) groups excluding carboxylic acids is 1. The lowest BCUT2D eigenvalue weighted by molar-refractivity contribution is -0.173. The Bertz CT molecular complexity index is 463. The monoisotopic (exact) mass is 295 g/mol. The molecule has 0 heterocycles. The first-order valence-electron chi connectivity index (χ1n) is 5.59. The van der Waals surface area contributed by atoms with Gasteiger partial charge >= 0.3 is 6.18 Å². The molecule has 0 aliphatic rings. The Balaban J connectivity index is 2.45. The van der Waals surface area contributed by atoms with Crippen molar-refractivity contribution in [1.82, 2.24) is 5.32 Å². The van der Waals surface area contributed by atoms with Gasteiger partial charge < -0.3 is 14.8 Å². The molecule has 0 fully saturated rings. The number of amides is 1. The summed E-state index contributed by atoms with van der Waals surface area (Å²) in [5.74, 6) is -1.11. The summed E-state index contributed by atoms with van der Waals surface area (Å²) in [6.45, 7) is -1.82. The van der Waals surface area contributed by atoms with Gasteiger partial charge in [0, 0.05) is 6.54 Å². The second kappa shape index (κ2) is 7.09. The lowest BCUT2D eigenvalue weighted by Crippen LogP contribution is -2.29. The lowest BCUT2D eigenvalue weighted by atomic mass is 10.2. The van der Waals surface area contributed by atoms with Gasteiger partial charge in [-0.3, -0.25) is 4.79 Å². The highest BCUT2D eigenvalue weighted by atomic mass is 19.4. The normalized spacial score (nSPS) is 11.2. The highest BCUT2D eigenvalue weighted by Crippen LogP contribution is 2.19. The number of nitrogens with one attached hydrogen (secondary N) is 1. The quantitative estimate of drug-likeness (QED) is 0.646. The third-order valence-corrected chi connectivity index (χ3v) is 2.20. The molecule has 0 aromatic heterocycles. The van der Waals surface area contributed by atoms with E-state index in [0.29, 0.717) is 0 Å². The van der Waals surface area contributed by atoms with Crippen molar-refractivity contribution in [2.24, 2.45) is 0 Å². The summed E-state index contributed by atoms with van der Waals surface area (Å²) in [7, 11) is 1.32. The van der Waals surface area contributed by atoms with Crippen LogP contribution in [-0.2, 0) is 4.74 Å². The van der Waals surface area contributed by atoms with Crippen molar-refractivity contribution in [2.45, 2.75) is 6.18 Å². The molecule has 0 atom stereocenters. The molecule has 0 saturated heterocycles. The van der Waals surface area contributed by atoms with Gasteiger partial charge in [-0.2, -0.15) is 13.2 Å². The molecule has 0 bridgehead atoms. The van der Waals surface area contributed by atoms with E-state index < -0.39 is 24.5 Å². The van der Waals surface area contributed by atoms with Gasteiger partial charge in [0.2, 0.25) is 0 Å². The summed E-state index contributed by atoms with van der Waals surface area (Å²) in [5.41, 5.74) is -0.0386. The average Bonchev–Trinajstić information content (AvgIpc) is 2.36. The maximum absolute atomic E-state index is 13.0. The molecule has 1 N–H and O–H groups in total. The zero-order valence-electron chi connectivity index (χ0n) is 10.6. The first-order valence-corrected chi connectivity index (χ1v) is 5.59. The molecule has 1 aromatic rings. The van der Waals surface area contributed by atoms with Crippen LogP contribution in [0.5, 0.6) is 5.75 Å². The zero-order valence-corrected chi connectivity index (χ0v) is 10.6. The van der Waals surface area contributed by atoms with Crippen LogP contribution in [-0.4, -0.2) is 39.0 Å². The number of hydrogen-bond acceptors (Lipinski definition) is 3. The highest BCUT2D eigenvalue weighted by molar-refractivity contribution is 5.96. The molecule has 1 rings (SSSR count). The van der Waals surface area contributed by atoms with Crippen LogP contribution in [0.25, 0.3) is 0 Å². The number of carbonyl (C=O) groups is 1. The van der Waals surface area contributed by atoms with Gasteiger partial charge in [-0.15, -0.1) is 0 Å². The molecular formula is C12H13F4NO3. The molecule has 8 heteroatoms. The zero-order chi connectivity index (χ0) is 15.2. The van der Waals surface area contributed by atoms with Crippen LogP contribution < -0.4 is 10.1 Å². The maximum Gasteiger partial charge on any atom is 0.411 e. The third-order valence-electron chi connectivity index (χ3n) is 2.20. The third kappa shape index (κ3) is 5.43. The summed E-state index contributed by atoms with van der Waals surface area (Å²) in [4.78, 5) is 11.7. The summed E-state index contributed by atoms with van der Waals surface area (Å²) >= 11 is 0. The van der Waals surface area contributed by atoms with Crippen molar-refractivity contribution in [3.05, 3.63) is 29.6 Å². The number of benzene rings is 1. The molecule has 0 unspecified atom stereocenters. The molecule has 1 aromatic carbocycles. The number of alkyl halides is 3. The Labute approximate surface area is 112 Å². The van der Waals surface area contributed by atoms with Crippen molar-refractivity contribution < 1.29 is 31.8 Å². The van der Waals surface area contributed by atoms with Crippen molar-refractivity contribution in [2.75, 3.05) is 26.9 Å². The molecule has 0 aliphatic heterocycles. The van der Waals surface area contributed by atoms with Gasteiger partial charge in [0.15, 0.2) is 0 Å². The van der Waals surface area contributed by atoms with Gasteiger partial charge in [-0.1, -0.05) is 0 Å². The second-order valence-corrected chi connectivity index (χ2v) is 3.77. The van der Waals surface area contributed by atoms with Gasteiger partial charge in [0.25, 0.3) is 5.91 Å². The van der Waals surface area contributed by atoms with E-state index in [0.717, 1.165) is 12.1 Å². The number of hydrogen-bond donors (Lipinski definition) is 1. The molecular weight excluding hydrogens is 282 g/mol. The van der Waals surface area contributed by atoms with E-state index in [9.17, 15) is 22.4 Å². The van der Waals surface area contributed by atoms with E-state index in [2.05, 4.69) is 10.1 Å². The molecule has 112 valence electrons. The smallest absolute Gasteiger partial charge is 0.411 e. The van der Waals surface area contributed by atoms with Gasteiger partial charge in [0.1, 0.15) is 18.2 Å². The van der Waals surface area contributed by atoms with Crippen molar-refractivity contribution in [3.8, 4) is 5.75 Å². The SMILES string of the molecule is COc1ccc(F)cc1C(=O)NCCOCC(F)(F)F. The van der Waals surface area contributed by atoms with E-state index in [-0.39, 0.29) is 24.5 Å². The van der Waals surface area contributed by atoms with E-state index >= 15 is 0 Å². The fourth-order valence-corrected chi connectivity index (χ4v) is 1.38. The van der Waals surface area contributed by atoms with Crippen LogP contribution in [0.3, 0.4) is 0 Å². The van der Waals surface area contributed by atoms with E-state index in [4.69, 9.17) is 4.74 Å². The number of rotatable bonds is 6. The van der Waals surface area contributed by atoms with E-state index in [1.165, 1.54) is 13.2 Å². The van der Waals surface area contributed by atoms with Crippen LogP contribution in [0.15, 0.2) is 18.2 Å². The van der Waals surface area contributed by atoms with Crippen LogP contribution in [0.4, 0.5) is 17.6 Å². The first-order chi connectivity index (χ1) is 9.33. The Kier molecular flexibility index (Phi) is 5.75. The van der Waals surface area contributed by atoms with Crippen LogP contribution in [0.2, 0.25) is 0 Å². The Morgan fingerprint density at radius 3 is 2.65 bits per heavy atom. The van der Waals surface area contributed by atoms with Gasteiger partial charge in [-0.05, 0) is 18.2 Å². The molecule has 4 nitrogen and oxygen atoms in total. The summed E-state index contributed by atoms with van der Waals surface area (Å²) in [5, 5.41) is 2.31. The molecule has 20 heavy (non-hydrogen) atoms. The highest BCUT2D eigenvalue weighted by Gasteiger charge is 2.27. The number of methoxy groups -OCH3 is 1. The second-order valence-electron chi connectivity index (χ2n) is 3.77. The van der Waals surface area contributed by atoms with Crippen LogP contribution in [0.1, 0.15) is 10.4 Å². The fourth-order valence-electron chi connectivity index (χ4n) is 1.38. The molecule has 0 spiro atoms. The van der Waals surface area contributed by atoms with Gasteiger partial charge in [-0.25, -0.2) is 4.39 Å². The van der Waals surface area contributed by atoms with Crippen molar-refractivity contribution in [3.63, 3.8) is 0 Å². The molecule has 0 saturated carbocycles. The Morgan fingerprint density at radius 1 is 1.35 bits per heavy atom. The molecule has 0 aliphatic carbocycles. The van der Waals surface area contributed by atoms with Gasteiger partial charge in [0.05, 0.1) is 19.3 Å². The van der Waals surface area contributed by atoms with E-state index in [1.54, 1.807) is 0 Å². The summed E-state index contributed by atoms with van der Waals surface area (Å²) in [6.07, 6.45) is -4.41. The molecule has 0 radical (unpaired) electrons. The minimum Gasteiger partial charge on any atom is -0.496 e. The minimum absolute atomic E-state index is 0.0386. The lowest BCUT2D eigenvalue weighted by Gasteiger charge is -2.10. The maximum atomic E-state index is 13.0. The predicted molar refractivity (Wildman–Crippen MR) is 62.2 cm³/mol. The minimum atomic E-state index is -4.41. The van der Waals surface area contributed by atoms with Crippen molar-refractivity contribution >= 4 is 5.91 Å². The largest absolute Gasteiger partial charge is 0.496 e. The van der Waals surface area contributed by atoms with E-state index in [1.807, 2.05) is 0 Å². The first kappa shape index (κ1) is 16.2. The van der Waals surface area contributed by atoms with Crippen LogP contribution >= 0.6 is 0 Å². The van der Waals surface area contributed by atoms with Crippen LogP contribution in [0, 0.1) is 5.82 Å².